The summed E-state index contributed by atoms with van der Waals surface area (Å²) in [5.41, 5.74) is -0.895. The van der Waals surface area contributed by atoms with E-state index in [1.807, 2.05) is 0 Å². The number of benzene rings is 1. The molecule has 98 valence electrons. The summed E-state index contributed by atoms with van der Waals surface area (Å²) in [5, 5.41) is 9.07. The first kappa shape index (κ1) is 11.8. The molecule has 0 saturated heterocycles. The van der Waals surface area contributed by atoms with Crippen molar-refractivity contribution in [2.24, 2.45) is 0 Å². The lowest BCUT2D eigenvalue weighted by molar-refractivity contribution is 0.0694. The Morgan fingerprint density at radius 2 is 2.11 bits per heavy atom. The molecule has 0 spiro atoms. The number of aromatic carboxylic acids is 1. The van der Waals surface area contributed by atoms with Crippen LogP contribution in [0.1, 0.15) is 22.8 Å². The first-order valence-corrected chi connectivity index (χ1v) is 5.71. The zero-order valence-corrected chi connectivity index (χ0v) is 9.64. The molecule has 0 radical (unpaired) electrons. The summed E-state index contributed by atoms with van der Waals surface area (Å²) >= 11 is 0. The smallest absolute Gasteiger partial charge is 0.341 e. The average Bonchev–Trinajstić information content (AvgIpc) is 3.06. The van der Waals surface area contributed by atoms with Crippen LogP contribution in [0, 0.1) is 5.82 Å². The van der Waals surface area contributed by atoms with Gasteiger partial charge in [-0.2, -0.15) is 0 Å². The average molecular weight is 265 g/mol. The second kappa shape index (κ2) is 3.88. The first-order chi connectivity index (χ1) is 8.99. The zero-order valence-electron chi connectivity index (χ0n) is 9.64. The van der Waals surface area contributed by atoms with Gasteiger partial charge in [-0.25, -0.2) is 13.6 Å². The number of nitrogens with zero attached hydrogens (tertiary/aromatic N) is 1. The van der Waals surface area contributed by atoms with Crippen LogP contribution >= 0.6 is 0 Å². The molecule has 0 bridgehead atoms. The Labute approximate surface area is 105 Å². The molecule has 0 amide bonds. The fourth-order valence-electron chi connectivity index (χ4n) is 2.19. The van der Waals surface area contributed by atoms with E-state index in [1.54, 1.807) is 0 Å². The van der Waals surface area contributed by atoms with E-state index in [-0.39, 0.29) is 17.3 Å². The van der Waals surface area contributed by atoms with Crippen LogP contribution in [0.15, 0.2) is 29.2 Å². The molecule has 2 unspecified atom stereocenters. The summed E-state index contributed by atoms with van der Waals surface area (Å²) in [7, 11) is 0. The number of carbonyl (C=O) groups is 1. The number of alkyl halides is 1. The van der Waals surface area contributed by atoms with Gasteiger partial charge in [-0.15, -0.1) is 0 Å². The van der Waals surface area contributed by atoms with Crippen molar-refractivity contribution in [3.05, 3.63) is 46.0 Å². The molecule has 1 aliphatic carbocycles. The van der Waals surface area contributed by atoms with E-state index in [2.05, 4.69) is 0 Å². The molecular formula is C13H9F2NO3. The molecule has 1 saturated carbocycles. The van der Waals surface area contributed by atoms with Gasteiger partial charge in [0.2, 0.25) is 5.43 Å². The second-order valence-electron chi connectivity index (χ2n) is 4.56. The number of halogens is 2. The number of carboxylic acid groups (broad SMARTS) is 1. The Kier molecular flexibility index (Phi) is 2.41. The largest absolute Gasteiger partial charge is 0.477 e. The maximum Gasteiger partial charge on any atom is 0.341 e. The highest BCUT2D eigenvalue weighted by atomic mass is 19.1. The third-order valence-corrected chi connectivity index (χ3v) is 3.26. The van der Waals surface area contributed by atoms with Gasteiger partial charge in [0, 0.05) is 18.0 Å². The highest BCUT2D eigenvalue weighted by Crippen LogP contribution is 2.40. The zero-order chi connectivity index (χ0) is 13.7. The monoisotopic (exact) mass is 265 g/mol. The lowest BCUT2D eigenvalue weighted by Gasteiger charge is -2.11. The van der Waals surface area contributed by atoms with E-state index < -0.39 is 35.0 Å². The van der Waals surface area contributed by atoms with Crippen molar-refractivity contribution in [2.45, 2.75) is 18.6 Å². The van der Waals surface area contributed by atoms with Crippen LogP contribution in [-0.4, -0.2) is 21.8 Å². The third-order valence-electron chi connectivity index (χ3n) is 3.26. The molecule has 1 aromatic carbocycles. The highest BCUT2D eigenvalue weighted by molar-refractivity contribution is 5.92. The molecule has 4 nitrogen and oxygen atoms in total. The van der Waals surface area contributed by atoms with Gasteiger partial charge >= 0.3 is 5.97 Å². The van der Waals surface area contributed by atoms with Gasteiger partial charge in [-0.1, -0.05) is 0 Å². The molecule has 6 heteroatoms. The van der Waals surface area contributed by atoms with Crippen LogP contribution in [0.3, 0.4) is 0 Å². The number of aromatic nitrogens is 1. The van der Waals surface area contributed by atoms with E-state index >= 15 is 0 Å². The summed E-state index contributed by atoms with van der Waals surface area (Å²) in [6.45, 7) is 0. The second-order valence-corrected chi connectivity index (χ2v) is 4.56. The molecule has 19 heavy (non-hydrogen) atoms. The van der Waals surface area contributed by atoms with Crippen molar-refractivity contribution in [3.63, 3.8) is 0 Å². The normalized spacial score (nSPS) is 21.6. The van der Waals surface area contributed by atoms with Crippen molar-refractivity contribution in [1.82, 2.24) is 4.57 Å². The minimum absolute atomic E-state index is 0.0837. The van der Waals surface area contributed by atoms with Crippen molar-refractivity contribution in [1.29, 1.82) is 0 Å². The minimum Gasteiger partial charge on any atom is -0.477 e. The summed E-state index contributed by atoms with van der Waals surface area (Å²) < 4.78 is 27.8. The standard InChI is InChI=1S/C13H9F2NO3/c14-6-1-2-7-10(3-6)16(11-4-9(11)15)5-8(12(7)17)13(18)19/h1-3,5,9,11H,4H2,(H,18,19). The summed E-state index contributed by atoms with van der Waals surface area (Å²) in [6, 6.07) is 2.90. The third kappa shape index (κ3) is 1.80. The maximum atomic E-state index is 13.3. The lowest BCUT2D eigenvalue weighted by Crippen LogP contribution is -2.19. The van der Waals surface area contributed by atoms with Gasteiger partial charge in [0.05, 0.1) is 11.6 Å². The van der Waals surface area contributed by atoms with E-state index in [0.717, 1.165) is 18.3 Å². The van der Waals surface area contributed by atoms with Crippen molar-refractivity contribution in [2.75, 3.05) is 0 Å². The van der Waals surface area contributed by atoms with E-state index in [9.17, 15) is 18.4 Å². The Bertz CT molecular complexity index is 753. The molecule has 1 fully saturated rings. The maximum absolute atomic E-state index is 13.3. The van der Waals surface area contributed by atoms with Gasteiger partial charge < -0.3 is 9.67 Å². The molecule has 2 atom stereocenters. The number of fused-ring (bicyclic) bond motifs is 1. The van der Waals surface area contributed by atoms with Crippen molar-refractivity contribution in [3.8, 4) is 0 Å². The van der Waals surface area contributed by atoms with Gasteiger partial charge in [-0.05, 0) is 18.2 Å². The van der Waals surface area contributed by atoms with Gasteiger partial charge in [-0.3, -0.25) is 4.79 Å². The van der Waals surface area contributed by atoms with Crippen LogP contribution in [0.2, 0.25) is 0 Å². The van der Waals surface area contributed by atoms with E-state index in [1.165, 1.54) is 10.6 Å². The SMILES string of the molecule is O=C(O)c1cn(C2CC2F)c2cc(F)ccc2c1=O. The number of hydrogen-bond donors (Lipinski definition) is 1. The minimum atomic E-state index is -1.37. The first-order valence-electron chi connectivity index (χ1n) is 5.71. The predicted octanol–water partition coefficient (Wildman–Crippen LogP) is 2.12. The fourth-order valence-corrected chi connectivity index (χ4v) is 2.19. The fraction of sp³-hybridized carbons (Fsp3) is 0.231. The number of rotatable bonds is 2. The summed E-state index contributed by atoms with van der Waals surface area (Å²) in [6.07, 6.45) is 0.250. The van der Waals surface area contributed by atoms with E-state index in [0.29, 0.717) is 0 Å². The van der Waals surface area contributed by atoms with Crippen molar-refractivity contribution >= 4 is 16.9 Å². The highest BCUT2D eigenvalue weighted by Gasteiger charge is 2.40. The molecule has 1 heterocycles. The predicted molar refractivity (Wildman–Crippen MR) is 63.7 cm³/mol. The van der Waals surface area contributed by atoms with Crippen LogP contribution in [0.25, 0.3) is 10.9 Å². The Morgan fingerprint density at radius 3 is 2.68 bits per heavy atom. The van der Waals surface area contributed by atoms with Crippen LogP contribution in [0.4, 0.5) is 8.78 Å². The van der Waals surface area contributed by atoms with Gasteiger partial charge in [0.25, 0.3) is 0 Å². The Morgan fingerprint density at radius 1 is 1.42 bits per heavy atom. The Hall–Kier alpha value is -2.24. The van der Waals surface area contributed by atoms with Crippen LogP contribution < -0.4 is 5.43 Å². The van der Waals surface area contributed by atoms with Gasteiger partial charge in [0.15, 0.2) is 0 Å². The van der Waals surface area contributed by atoms with Gasteiger partial charge in [0.1, 0.15) is 17.6 Å². The number of carboxylic acids is 1. The summed E-state index contributed by atoms with van der Waals surface area (Å²) in [4.78, 5) is 23.0. The number of pyridine rings is 1. The lowest BCUT2D eigenvalue weighted by atomic mass is 10.1. The topological polar surface area (TPSA) is 59.3 Å². The van der Waals surface area contributed by atoms with Crippen molar-refractivity contribution < 1.29 is 18.7 Å². The summed E-state index contributed by atoms with van der Waals surface area (Å²) in [5.74, 6) is -1.93. The number of hydrogen-bond acceptors (Lipinski definition) is 2. The molecule has 1 N–H and O–H groups in total. The Balaban J connectivity index is 2.39. The quantitative estimate of drug-likeness (QED) is 0.904. The molecular weight excluding hydrogens is 256 g/mol. The molecule has 3 rings (SSSR count). The molecule has 2 aromatic rings. The van der Waals surface area contributed by atoms with E-state index in [4.69, 9.17) is 5.11 Å². The van der Waals surface area contributed by atoms with Crippen LogP contribution in [0.5, 0.6) is 0 Å². The molecule has 1 aliphatic rings. The molecule has 0 aliphatic heterocycles. The van der Waals surface area contributed by atoms with Crippen LogP contribution in [-0.2, 0) is 0 Å². The molecule has 1 aromatic heterocycles.